The molecule has 1 N–H and O–H groups in total. The first-order chi connectivity index (χ1) is 8.33. The lowest BCUT2D eigenvalue weighted by atomic mass is 10.1. The number of nitrogens with zero attached hydrogens (tertiary/aromatic N) is 1. The molecule has 0 aliphatic rings. The molecular formula is C14H12N2S. The third kappa shape index (κ3) is 2.01. The van der Waals surface area contributed by atoms with Crippen LogP contribution >= 0.6 is 11.3 Å². The maximum atomic E-state index is 4.37. The van der Waals surface area contributed by atoms with Crippen LogP contribution < -0.4 is 0 Å². The van der Waals surface area contributed by atoms with Crippen LogP contribution in [0.15, 0.2) is 47.8 Å². The van der Waals surface area contributed by atoms with Crippen molar-refractivity contribution in [1.29, 1.82) is 0 Å². The van der Waals surface area contributed by atoms with E-state index in [2.05, 4.69) is 58.9 Å². The molecule has 3 heteroatoms. The van der Waals surface area contributed by atoms with E-state index in [9.17, 15) is 0 Å². The number of thiophene rings is 1. The number of aromatic amines is 1. The molecule has 84 valence electrons. The Morgan fingerprint density at radius 2 is 2.06 bits per heavy atom. The summed E-state index contributed by atoms with van der Waals surface area (Å²) in [5, 5.41) is 9.52. The van der Waals surface area contributed by atoms with Gasteiger partial charge in [0.1, 0.15) is 0 Å². The number of hydrogen-bond acceptors (Lipinski definition) is 2. The summed E-state index contributed by atoms with van der Waals surface area (Å²) in [7, 11) is 0. The fourth-order valence-electron chi connectivity index (χ4n) is 1.83. The molecule has 0 aliphatic carbocycles. The van der Waals surface area contributed by atoms with Crippen LogP contribution in [0.1, 0.15) is 5.56 Å². The number of aryl methyl sites for hydroxylation is 1. The zero-order chi connectivity index (χ0) is 11.7. The fraction of sp³-hybridized carbons (Fsp3) is 0.0714. The molecule has 0 radical (unpaired) electrons. The van der Waals surface area contributed by atoms with E-state index < -0.39 is 0 Å². The number of hydrogen-bond donors (Lipinski definition) is 1. The Balaban J connectivity index is 2.01. The third-order valence-corrected chi connectivity index (χ3v) is 3.58. The first-order valence-electron chi connectivity index (χ1n) is 5.49. The monoisotopic (exact) mass is 240 g/mol. The van der Waals surface area contributed by atoms with Crippen LogP contribution in [0.25, 0.3) is 21.8 Å². The molecule has 0 amide bonds. The molecule has 3 aromatic rings. The molecule has 17 heavy (non-hydrogen) atoms. The minimum atomic E-state index is 0.997. The number of H-pyrrole nitrogens is 1. The van der Waals surface area contributed by atoms with Crippen LogP contribution in [0.5, 0.6) is 0 Å². The molecule has 2 nitrogen and oxygen atoms in total. The van der Waals surface area contributed by atoms with E-state index in [4.69, 9.17) is 0 Å². The van der Waals surface area contributed by atoms with E-state index in [-0.39, 0.29) is 0 Å². The second-order valence-electron chi connectivity index (χ2n) is 4.01. The summed E-state index contributed by atoms with van der Waals surface area (Å²) in [5.41, 5.74) is 4.49. The topological polar surface area (TPSA) is 28.7 Å². The van der Waals surface area contributed by atoms with Gasteiger partial charge in [-0.3, -0.25) is 5.10 Å². The predicted molar refractivity (Wildman–Crippen MR) is 72.1 cm³/mol. The molecule has 0 unspecified atom stereocenters. The lowest BCUT2D eigenvalue weighted by Gasteiger charge is -1.96. The van der Waals surface area contributed by atoms with Gasteiger partial charge in [0, 0.05) is 5.56 Å². The first-order valence-corrected chi connectivity index (χ1v) is 6.37. The molecule has 1 aromatic carbocycles. The molecule has 3 rings (SSSR count). The van der Waals surface area contributed by atoms with Crippen molar-refractivity contribution in [2.75, 3.05) is 0 Å². The number of rotatable bonds is 2. The highest BCUT2D eigenvalue weighted by Crippen LogP contribution is 2.27. The zero-order valence-electron chi connectivity index (χ0n) is 9.47. The summed E-state index contributed by atoms with van der Waals surface area (Å²) in [6.45, 7) is 2.09. The van der Waals surface area contributed by atoms with Crippen molar-refractivity contribution >= 4 is 11.3 Å². The molecule has 0 fully saturated rings. The largest absolute Gasteiger partial charge is 0.276 e. The van der Waals surface area contributed by atoms with Gasteiger partial charge in [-0.05, 0) is 30.5 Å². The van der Waals surface area contributed by atoms with Crippen molar-refractivity contribution in [2.45, 2.75) is 6.92 Å². The quantitative estimate of drug-likeness (QED) is 0.717. The molecule has 0 spiro atoms. The van der Waals surface area contributed by atoms with E-state index in [1.807, 2.05) is 6.07 Å². The molecule has 0 atom stereocenters. The van der Waals surface area contributed by atoms with Crippen molar-refractivity contribution in [3.63, 3.8) is 0 Å². The lowest BCUT2D eigenvalue weighted by molar-refractivity contribution is 1.10. The van der Waals surface area contributed by atoms with Crippen LogP contribution in [0, 0.1) is 6.92 Å². The summed E-state index contributed by atoms with van der Waals surface area (Å²) < 4.78 is 0. The maximum absolute atomic E-state index is 4.37. The molecular weight excluding hydrogens is 228 g/mol. The van der Waals surface area contributed by atoms with Crippen LogP contribution in [0.2, 0.25) is 0 Å². The van der Waals surface area contributed by atoms with Gasteiger partial charge in [0.2, 0.25) is 0 Å². The Kier molecular flexibility index (Phi) is 2.53. The van der Waals surface area contributed by atoms with Crippen molar-refractivity contribution in [2.24, 2.45) is 0 Å². The molecule has 2 heterocycles. The first kappa shape index (κ1) is 10.3. The second-order valence-corrected chi connectivity index (χ2v) is 4.96. The van der Waals surface area contributed by atoms with Crippen LogP contribution in [0.4, 0.5) is 0 Å². The van der Waals surface area contributed by atoms with Crippen molar-refractivity contribution in [1.82, 2.24) is 10.2 Å². The minimum absolute atomic E-state index is 0.997. The van der Waals surface area contributed by atoms with Crippen LogP contribution in [-0.2, 0) is 0 Å². The molecule has 0 aliphatic heterocycles. The summed E-state index contributed by atoms with van der Waals surface area (Å²) in [5.74, 6) is 0. The van der Waals surface area contributed by atoms with E-state index in [0.29, 0.717) is 0 Å². The van der Waals surface area contributed by atoms with Gasteiger partial charge < -0.3 is 0 Å². The second kappa shape index (κ2) is 4.18. The Morgan fingerprint density at radius 3 is 2.82 bits per heavy atom. The van der Waals surface area contributed by atoms with E-state index >= 15 is 0 Å². The summed E-state index contributed by atoms with van der Waals surface area (Å²) in [6, 6.07) is 14.6. The van der Waals surface area contributed by atoms with Crippen molar-refractivity contribution in [3.05, 3.63) is 53.4 Å². The van der Waals surface area contributed by atoms with Crippen LogP contribution in [0.3, 0.4) is 0 Å². The summed E-state index contributed by atoms with van der Waals surface area (Å²) in [6.07, 6.45) is 0. The smallest absolute Gasteiger partial charge is 0.0927 e. The average Bonchev–Trinajstić information content (AvgIpc) is 3.00. The Hall–Kier alpha value is -1.87. The van der Waals surface area contributed by atoms with E-state index in [1.165, 1.54) is 10.4 Å². The number of aromatic nitrogens is 2. The molecule has 0 bridgehead atoms. The highest BCUT2D eigenvalue weighted by Gasteiger charge is 2.06. The van der Waals surface area contributed by atoms with Crippen LogP contribution in [-0.4, -0.2) is 10.2 Å². The molecule has 0 saturated heterocycles. The van der Waals surface area contributed by atoms with Gasteiger partial charge in [0.15, 0.2) is 0 Å². The normalized spacial score (nSPS) is 10.6. The maximum Gasteiger partial charge on any atom is 0.0927 e. The SMILES string of the molecule is Cc1cccc(-c2cc(-c3cccs3)[nH]n2)c1. The minimum Gasteiger partial charge on any atom is -0.276 e. The van der Waals surface area contributed by atoms with E-state index in [1.54, 1.807) is 11.3 Å². The molecule has 0 saturated carbocycles. The van der Waals surface area contributed by atoms with Gasteiger partial charge in [-0.2, -0.15) is 5.10 Å². The summed E-state index contributed by atoms with van der Waals surface area (Å²) >= 11 is 1.72. The standard InChI is InChI=1S/C14H12N2S/c1-10-4-2-5-11(8-10)12-9-13(16-15-12)14-6-3-7-17-14/h2-9H,1H3,(H,15,16). The zero-order valence-corrected chi connectivity index (χ0v) is 10.3. The van der Waals surface area contributed by atoms with Gasteiger partial charge >= 0.3 is 0 Å². The Bertz CT molecular complexity index is 623. The Morgan fingerprint density at radius 1 is 1.12 bits per heavy atom. The van der Waals surface area contributed by atoms with E-state index in [0.717, 1.165) is 17.0 Å². The van der Waals surface area contributed by atoms with Gasteiger partial charge in [-0.25, -0.2) is 0 Å². The molecule has 2 aromatic heterocycles. The van der Waals surface area contributed by atoms with Gasteiger partial charge in [0.05, 0.1) is 16.3 Å². The number of benzene rings is 1. The highest BCUT2D eigenvalue weighted by atomic mass is 32.1. The van der Waals surface area contributed by atoms with Gasteiger partial charge in [0.25, 0.3) is 0 Å². The lowest BCUT2D eigenvalue weighted by Crippen LogP contribution is -1.78. The van der Waals surface area contributed by atoms with Crippen molar-refractivity contribution in [3.8, 4) is 21.8 Å². The average molecular weight is 240 g/mol. The predicted octanol–water partition coefficient (Wildman–Crippen LogP) is 4.11. The number of nitrogens with one attached hydrogen (secondary N) is 1. The summed E-state index contributed by atoms with van der Waals surface area (Å²) in [4.78, 5) is 1.22. The highest BCUT2D eigenvalue weighted by molar-refractivity contribution is 7.13. The third-order valence-electron chi connectivity index (χ3n) is 2.68. The fourth-order valence-corrected chi connectivity index (χ4v) is 2.52. The van der Waals surface area contributed by atoms with Gasteiger partial charge in [-0.1, -0.05) is 29.8 Å². The van der Waals surface area contributed by atoms with Gasteiger partial charge in [-0.15, -0.1) is 11.3 Å². The Labute approximate surface area is 104 Å². The van der Waals surface area contributed by atoms with Crippen molar-refractivity contribution < 1.29 is 0 Å².